The van der Waals surface area contributed by atoms with Crippen molar-refractivity contribution in [2.45, 2.75) is 32.7 Å². The molecular weight excluding hydrogens is 420 g/mol. The lowest BCUT2D eigenvalue weighted by Crippen LogP contribution is -2.15. The lowest BCUT2D eigenvalue weighted by Gasteiger charge is -2.04. The fourth-order valence-electron chi connectivity index (χ4n) is 3.57. The molecule has 164 valence electrons. The first-order chi connectivity index (χ1) is 15.6. The van der Waals surface area contributed by atoms with Crippen molar-refractivity contribution in [2.75, 3.05) is 6.54 Å². The molecule has 0 unspecified atom stereocenters. The van der Waals surface area contributed by atoms with Gasteiger partial charge in [-0.05, 0) is 42.1 Å². The Morgan fingerprint density at radius 2 is 1.88 bits per heavy atom. The van der Waals surface area contributed by atoms with Gasteiger partial charge in [0.2, 0.25) is 5.89 Å². The van der Waals surface area contributed by atoms with Gasteiger partial charge in [0.25, 0.3) is 0 Å². The van der Waals surface area contributed by atoms with Crippen LogP contribution in [0.1, 0.15) is 30.2 Å². The highest BCUT2D eigenvalue weighted by Crippen LogP contribution is 2.38. The summed E-state index contributed by atoms with van der Waals surface area (Å²) in [4.78, 5) is 17.7. The molecule has 4 aromatic rings. The van der Waals surface area contributed by atoms with E-state index < -0.39 is 5.97 Å². The van der Waals surface area contributed by atoms with Crippen LogP contribution < -0.4 is 5.32 Å². The van der Waals surface area contributed by atoms with Crippen LogP contribution in [0.2, 0.25) is 0 Å². The smallest absolute Gasteiger partial charge is 0.303 e. The average Bonchev–Trinajstić information content (AvgIpc) is 3.47. The van der Waals surface area contributed by atoms with Crippen molar-refractivity contribution in [3.63, 3.8) is 0 Å². The van der Waals surface area contributed by atoms with Crippen LogP contribution in [0.15, 0.2) is 71.3 Å². The van der Waals surface area contributed by atoms with Gasteiger partial charge in [-0.25, -0.2) is 4.98 Å². The summed E-state index contributed by atoms with van der Waals surface area (Å²) < 4.78 is 5.83. The van der Waals surface area contributed by atoms with Crippen LogP contribution in [0.25, 0.3) is 33.2 Å². The number of aryl methyl sites for hydroxylation is 1. The van der Waals surface area contributed by atoms with Crippen molar-refractivity contribution in [2.24, 2.45) is 0 Å². The first-order valence-electron chi connectivity index (χ1n) is 10.8. The van der Waals surface area contributed by atoms with Gasteiger partial charge in [-0.2, -0.15) is 0 Å². The van der Waals surface area contributed by atoms with E-state index in [9.17, 15) is 4.79 Å². The van der Waals surface area contributed by atoms with E-state index in [-0.39, 0.29) is 6.42 Å². The quantitative estimate of drug-likeness (QED) is 0.282. The Morgan fingerprint density at radius 3 is 2.59 bits per heavy atom. The van der Waals surface area contributed by atoms with E-state index in [0.717, 1.165) is 28.1 Å². The van der Waals surface area contributed by atoms with Crippen LogP contribution in [0.5, 0.6) is 0 Å². The minimum atomic E-state index is -0.757. The van der Waals surface area contributed by atoms with Gasteiger partial charge in [-0.3, -0.25) is 4.79 Å². The standard InChI is InChI=1S/C26H26N2O3S/c1-2-23-21(19-7-4-3-5-8-19)15-24(32-23)26-28-22(17-31-26)20-12-10-18(11-13-20)16-27-14-6-9-25(29)30/h3-5,7-8,10-13,15,17,27H,2,6,9,14,16H2,1H3,(H,29,30). The number of aromatic nitrogens is 1. The molecule has 5 nitrogen and oxygen atoms in total. The lowest BCUT2D eigenvalue weighted by atomic mass is 10.1. The average molecular weight is 447 g/mol. The first-order valence-corrected chi connectivity index (χ1v) is 11.6. The number of rotatable bonds is 10. The van der Waals surface area contributed by atoms with Gasteiger partial charge >= 0.3 is 5.97 Å². The van der Waals surface area contributed by atoms with Gasteiger partial charge < -0.3 is 14.8 Å². The Balaban J connectivity index is 1.44. The van der Waals surface area contributed by atoms with Gasteiger partial charge in [0, 0.05) is 23.4 Å². The topological polar surface area (TPSA) is 75.4 Å². The summed E-state index contributed by atoms with van der Waals surface area (Å²) in [5, 5.41) is 12.0. The second-order valence-corrected chi connectivity index (χ2v) is 8.71. The number of nitrogens with one attached hydrogen (secondary N) is 1. The maximum absolute atomic E-state index is 10.6. The van der Waals surface area contributed by atoms with Crippen molar-refractivity contribution in [1.29, 1.82) is 0 Å². The van der Waals surface area contributed by atoms with E-state index in [1.807, 2.05) is 18.2 Å². The normalized spacial score (nSPS) is 11.0. The molecule has 0 aliphatic heterocycles. The lowest BCUT2D eigenvalue weighted by molar-refractivity contribution is -0.137. The molecule has 0 saturated carbocycles. The van der Waals surface area contributed by atoms with Crippen molar-refractivity contribution in [3.05, 3.63) is 77.4 Å². The summed E-state index contributed by atoms with van der Waals surface area (Å²) in [6.07, 6.45) is 3.50. The Morgan fingerprint density at radius 1 is 1.09 bits per heavy atom. The molecule has 0 radical (unpaired) electrons. The summed E-state index contributed by atoms with van der Waals surface area (Å²) in [6.45, 7) is 3.57. The van der Waals surface area contributed by atoms with Gasteiger partial charge in [0.1, 0.15) is 12.0 Å². The number of thiophene rings is 1. The van der Waals surface area contributed by atoms with E-state index in [2.05, 4.69) is 54.7 Å². The summed E-state index contributed by atoms with van der Waals surface area (Å²) in [5.74, 6) is -0.112. The van der Waals surface area contributed by atoms with Crippen LogP contribution >= 0.6 is 11.3 Å². The second-order valence-electron chi connectivity index (χ2n) is 7.58. The van der Waals surface area contributed by atoms with E-state index >= 15 is 0 Å². The molecule has 0 spiro atoms. The van der Waals surface area contributed by atoms with Crippen molar-refractivity contribution < 1.29 is 14.3 Å². The number of nitrogens with zero attached hydrogens (tertiary/aromatic N) is 1. The number of carbonyl (C=O) groups is 1. The number of benzene rings is 2. The van der Waals surface area contributed by atoms with Gasteiger partial charge in [0.05, 0.1) is 4.88 Å². The first kappa shape index (κ1) is 22.0. The third-order valence-electron chi connectivity index (χ3n) is 5.25. The molecule has 2 aromatic carbocycles. The number of carboxylic acid groups (broad SMARTS) is 1. The minimum absolute atomic E-state index is 0.192. The van der Waals surface area contributed by atoms with Crippen LogP contribution in [-0.4, -0.2) is 22.6 Å². The number of aliphatic carboxylic acids is 1. The fraction of sp³-hybridized carbons (Fsp3) is 0.231. The molecule has 4 rings (SSSR count). The Hall–Kier alpha value is -3.22. The van der Waals surface area contributed by atoms with Crippen LogP contribution in [0.3, 0.4) is 0 Å². The Labute approximate surface area is 191 Å². The molecule has 2 N–H and O–H groups in total. The minimum Gasteiger partial charge on any atom is -0.481 e. The SMILES string of the molecule is CCc1sc(-c2nc(-c3ccc(CNCCCC(=O)O)cc3)co2)cc1-c1ccccc1. The van der Waals surface area contributed by atoms with Gasteiger partial charge in [-0.15, -0.1) is 11.3 Å². The molecule has 0 atom stereocenters. The third kappa shape index (κ3) is 5.33. The second kappa shape index (κ2) is 10.4. The summed E-state index contributed by atoms with van der Waals surface area (Å²) >= 11 is 1.73. The monoisotopic (exact) mass is 446 g/mol. The number of hydrogen-bond acceptors (Lipinski definition) is 5. The molecule has 0 amide bonds. The highest BCUT2D eigenvalue weighted by Gasteiger charge is 2.15. The number of hydrogen-bond donors (Lipinski definition) is 2. The Bertz CT molecular complexity index is 1160. The zero-order valence-corrected chi connectivity index (χ0v) is 18.8. The summed E-state index contributed by atoms with van der Waals surface area (Å²) in [6, 6.07) is 20.8. The summed E-state index contributed by atoms with van der Waals surface area (Å²) in [7, 11) is 0. The van der Waals surface area contributed by atoms with E-state index in [1.54, 1.807) is 17.6 Å². The maximum Gasteiger partial charge on any atom is 0.303 e. The molecular formula is C26H26N2O3S. The number of oxazole rings is 1. The van der Waals surface area contributed by atoms with Crippen molar-refractivity contribution >= 4 is 17.3 Å². The maximum atomic E-state index is 10.6. The van der Waals surface area contributed by atoms with E-state index in [0.29, 0.717) is 25.4 Å². The van der Waals surface area contributed by atoms with Crippen molar-refractivity contribution in [1.82, 2.24) is 10.3 Å². The van der Waals surface area contributed by atoms with E-state index in [1.165, 1.54) is 16.0 Å². The van der Waals surface area contributed by atoms with Crippen LogP contribution in [-0.2, 0) is 17.8 Å². The number of carboxylic acids is 1. The largest absolute Gasteiger partial charge is 0.481 e. The third-order valence-corrected chi connectivity index (χ3v) is 6.52. The van der Waals surface area contributed by atoms with Gasteiger partial charge in [0.15, 0.2) is 0 Å². The van der Waals surface area contributed by atoms with E-state index in [4.69, 9.17) is 14.5 Å². The molecule has 0 aliphatic carbocycles. The zero-order valence-electron chi connectivity index (χ0n) is 18.0. The fourth-order valence-corrected chi connectivity index (χ4v) is 4.62. The zero-order chi connectivity index (χ0) is 22.3. The predicted octanol–water partition coefficient (Wildman–Crippen LogP) is 6.25. The molecule has 0 bridgehead atoms. The Kier molecular flexibility index (Phi) is 7.14. The highest BCUT2D eigenvalue weighted by atomic mass is 32.1. The molecule has 32 heavy (non-hydrogen) atoms. The molecule has 6 heteroatoms. The van der Waals surface area contributed by atoms with Gasteiger partial charge in [-0.1, -0.05) is 61.5 Å². The van der Waals surface area contributed by atoms with Crippen LogP contribution in [0.4, 0.5) is 0 Å². The molecule has 2 aromatic heterocycles. The molecule has 0 aliphatic rings. The molecule has 0 fully saturated rings. The predicted molar refractivity (Wildman–Crippen MR) is 129 cm³/mol. The van der Waals surface area contributed by atoms with Crippen LogP contribution in [0, 0.1) is 0 Å². The van der Waals surface area contributed by atoms with Crippen molar-refractivity contribution in [3.8, 4) is 33.2 Å². The molecule has 0 saturated heterocycles. The highest BCUT2D eigenvalue weighted by molar-refractivity contribution is 7.15. The molecule has 2 heterocycles. The summed E-state index contributed by atoms with van der Waals surface area (Å²) in [5.41, 5.74) is 5.42.